The van der Waals surface area contributed by atoms with Crippen LogP contribution in [0.5, 0.6) is 11.5 Å². The molecule has 1 N–H and O–H groups in total. The molecule has 0 aliphatic heterocycles. The van der Waals surface area contributed by atoms with Gasteiger partial charge in [-0.15, -0.1) is 0 Å². The first-order chi connectivity index (χ1) is 14.7. The summed E-state index contributed by atoms with van der Waals surface area (Å²) < 4.78 is 10.4. The van der Waals surface area contributed by atoms with Crippen LogP contribution in [0.15, 0.2) is 30.4 Å². The number of ether oxygens (including phenoxy) is 2. The van der Waals surface area contributed by atoms with Crippen LogP contribution in [0, 0.1) is 0 Å². The molecule has 0 spiro atoms. The van der Waals surface area contributed by atoms with Crippen molar-refractivity contribution in [2.45, 2.75) is 103 Å². The van der Waals surface area contributed by atoms with Gasteiger partial charge in [0.15, 0.2) is 11.5 Å². The summed E-state index contributed by atoms with van der Waals surface area (Å²) in [6, 6.07) is 4.96. The first-order valence-electron chi connectivity index (χ1n) is 11.8. The van der Waals surface area contributed by atoms with Gasteiger partial charge in [-0.25, -0.2) is 0 Å². The predicted molar refractivity (Wildman–Crippen MR) is 124 cm³/mol. The first-order valence-corrected chi connectivity index (χ1v) is 11.8. The number of benzene rings is 1. The van der Waals surface area contributed by atoms with Crippen molar-refractivity contribution in [3.8, 4) is 11.5 Å². The van der Waals surface area contributed by atoms with Crippen molar-refractivity contribution in [1.29, 1.82) is 0 Å². The summed E-state index contributed by atoms with van der Waals surface area (Å²) in [7, 11) is 1.50. The monoisotopic (exact) mass is 418 g/mol. The number of phenols is 1. The van der Waals surface area contributed by atoms with Crippen molar-refractivity contribution in [2.75, 3.05) is 7.11 Å². The fraction of sp³-hybridized carbons (Fsp3) is 0.654. The zero-order valence-electron chi connectivity index (χ0n) is 19.2. The number of unbranched alkanes of at least 4 members (excludes halogenated alkanes) is 11. The molecule has 0 aliphatic carbocycles. The van der Waals surface area contributed by atoms with Gasteiger partial charge in [0.25, 0.3) is 0 Å². The Bertz CT molecular complexity index is 595. The summed E-state index contributed by atoms with van der Waals surface area (Å²) in [5.74, 6) is 0.307. The number of phenolic OH excluding ortho intramolecular Hbond substituents is 1. The van der Waals surface area contributed by atoms with Gasteiger partial charge in [0.2, 0.25) is 0 Å². The van der Waals surface area contributed by atoms with Crippen LogP contribution < -0.4 is 4.74 Å². The quantitative estimate of drug-likeness (QED) is 0.152. The summed E-state index contributed by atoms with van der Waals surface area (Å²) in [4.78, 5) is 11.9. The van der Waals surface area contributed by atoms with Gasteiger partial charge in [0, 0.05) is 6.42 Å². The highest BCUT2D eigenvalue weighted by molar-refractivity contribution is 5.69. The number of hydrogen-bond donors (Lipinski definition) is 1. The molecule has 1 aromatic carbocycles. The normalized spacial score (nSPS) is 11.1. The molecule has 0 heterocycles. The van der Waals surface area contributed by atoms with Crippen molar-refractivity contribution in [1.82, 2.24) is 0 Å². The molecule has 0 radical (unpaired) electrons. The molecule has 4 nitrogen and oxygen atoms in total. The van der Waals surface area contributed by atoms with E-state index in [9.17, 15) is 9.90 Å². The molecule has 1 aromatic rings. The molecule has 0 saturated carbocycles. The largest absolute Gasteiger partial charge is 0.504 e. The minimum Gasteiger partial charge on any atom is -0.504 e. The van der Waals surface area contributed by atoms with Crippen LogP contribution in [0.4, 0.5) is 0 Å². The van der Waals surface area contributed by atoms with E-state index in [0.717, 1.165) is 18.4 Å². The highest BCUT2D eigenvalue weighted by Crippen LogP contribution is 2.26. The second-order valence-corrected chi connectivity index (χ2v) is 8.00. The number of allylic oxidation sites excluding steroid dienone is 2. The summed E-state index contributed by atoms with van der Waals surface area (Å²) >= 11 is 0. The molecule has 0 fully saturated rings. The van der Waals surface area contributed by atoms with Gasteiger partial charge in [0.1, 0.15) is 6.61 Å². The fourth-order valence-electron chi connectivity index (χ4n) is 3.39. The highest BCUT2D eigenvalue weighted by atomic mass is 16.5. The van der Waals surface area contributed by atoms with Crippen molar-refractivity contribution in [3.05, 3.63) is 35.9 Å². The average Bonchev–Trinajstić information content (AvgIpc) is 2.75. The zero-order chi connectivity index (χ0) is 21.9. The third kappa shape index (κ3) is 13.3. The number of carbonyl (C=O) groups excluding carboxylic acids is 1. The maximum absolute atomic E-state index is 11.9. The fourth-order valence-corrected chi connectivity index (χ4v) is 3.39. The summed E-state index contributed by atoms with van der Waals surface area (Å²) in [5.41, 5.74) is 0.808. The number of aromatic hydroxyl groups is 1. The van der Waals surface area contributed by atoms with E-state index in [4.69, 9.17) is 9.47 Å². The third-order valence-corrected chi connectivity index (χ3v) is 5.29. The second kappa shape index (κ2) is 17.9. The summed E-state index contributed by atoms with van der Waals surface area (Å²) in [6.07, 6.45) is 21.3. The number of carbonyl (C=O) groups is 1. The van der Waals surface area contributed by atoms with Gasteiger partial charge in [-0.2, -0.15) is 0 Å². The van der Waals surface area contributed by atoms with Gasteiger partial charge in [-0.1, -0.05) is 76.5 Å². The Hall–Kier alpha value is -1.97. The van der Waals surface area contributed by atoms with Crippen LogP contribution in [-0.2, 0) is 16.1 Å². The Morgan fingerprint density at radius 3 is 2.13 bits per heavy atom. The van der Waals surface area contributed by atoms with E-state index >= 15 is 0 Å². The molecule has 0 atom stereocenters. The standard InChI is InChI=1S/C26H42O4/c1-3-4-5-6-7-8-9-10-11-12-13-14-15-16-17-18-26(28)30-22-23-19-20-24(27)25(21-23)29-2/h10-11,19-21,27H,3-9,12-18,22H2,1-2H3. The molecule has 0 saturated heterocycles. The maximum atomic E-state index is 11.9. The lowest BCUT2D eigenvalue weighted by molar-refractivity contribution is -0.145. The molecular weight excluding hydrogens is 376 g/mol. The summed E-state index contributed by atoms with van der Waals surface area (Å²) in [5, 5.41) is 9.58. The van der Waals surface area contributed by atoms with Crippen LogP contribution in [0.3, 0.4) is 0 Å². The van der Waals surface area contributed by atoms with Crippen LogP contribution in [0.2, 0.25) is 0 Å². The van der Waals surface area contributed by atoms with Gasteiger partial charge in [-0.3, -0.25) is 4.79 Å². The van der Waals surface area contributed by atoms with Crippen molar-refractivity contribution < 1.29 is 19.4 Å². The van der Waals surface area contributed by atoms with E-state index in [-0.39, 0.29) is 18.3 Å². The first kappa shape index (κ1) is 26.1. The van der Waals surface area contributed by atoms with E-state index < -0.39 is 0 Å². The van der Waals surface area contributed by atoms with E-state index in [1.807, 2.05) is 0 Å². The van der Waals surface area contributed by atoms with Gasteiger partial charge < -0.3 is 14.6 Å². The summed E-state index contributed by atoms with van der Waals surface area (Å²) in [6.45, 7) is 2.47. The second-order valence-electron chi connectivity index (χ2n) is 8.00. The SMILES string of the molecule is CCCCCCCCC=CCCCCCCCC(=O)OCc1ccc(O)c(OC)c1. The van der Waals surface area contributed by atoms with Crippen molar-refractivity contribution >= 4 is 5.97 Å². The lowest BCUT2D eigenvalue weighted by Crippen LogP contribution is -2.04. The van der Waals surface area contributed by atoms with E-state index in [1.54, 1.807) is 18.2 Å². The van der Waals surface area contributed by atoms with Crippen molar-refractivity contribution in [3.63, 3.8) is 0 Å². The molecule has 170 valence electrons. The lowest BCUT2D eigenvalue weighted by Gasteiger charge is -2.08. The van der Waals surface area contributed by atoms with E-state index in [0.29, 0.717) is 12.2 Å². The molecule has 0 aromatic heterocycles. The van der Waals surface area contributed by atoms with Crippen LogP contribution in [-0.4, -0.2) is 18.2 Å². The predicted octanol–water partition coefficient (Wildman–Crippen LogP) is 7.48. The molecule has 4 heteroatoms. The van der Waals surface area contributed by atoms with Crippen LogP contribution in [0.1, 0.15) is 102 Å². The Kier molecular flexibility index (Phi) is 15.5. The van der Waals surface area contributed by atoms with Gasteiger partial charge in [0.05, 0.1) is 7.11 Å². The molecule has 0 amide bonds. The molecule has 1 rings (SSSR count). The van der Waals surface area contributed by atoms with Crippen LogP contribution in [0.25, 0.3) is 0 Å². The lowest BCUT2D eigenvalue weighted by atomic mass is 10.1. The van der Waals surface area contributed by atoms with Crippen molar-refractivity contribution in [2.24, 2.45) is 0 Å². The minimum atomic E-state index is -0.167. The van der Waals surface area contributed by atoms with E-state index in [1.165, 1.54) is 77.7 Å². The molecular formula is C26H42O4. The van der Waals surface area contributed by atoms with Crippen LogP contribution >= 0.6 is 0 Å². The van der Waals surface area contributed by atoms with Gasteiger partial charge in [-0.05, 0) is 49.8 Å². The Labute approximate surface area is 183 Å². The van der Waals surface area contributed by atoms with E-state index in [2.05, 4.69) is 19.1 Å². The van der Waals surface area contributed by atoms with Gasteiger partial charge >= 0.3 is 5.97 Å². The molecule has 30 heavy (non-hydrogen) atoms. The number of esters is 1. The Morgan fingerprint density at radius 2 is 1.50 bits per heavy atom. The molecule has 0 bridgehead atoms. The number of rotatable bonds is 18. The topological polar surface area (TPSA) is 55.8 Å². The zero-order valence-corrected chi connectivity index (χ0v) is 19.2. The highest BCUT2D eigenvalue weighted by Gasteiger charge is 2.06. The third-order valence-electron chi connectivity index (χ3n) is 5.29. The molecule has 0 unspecified atom stereocenters. The maximum Gasteiger partial charge on any atom is 0.306 e. The Morgan fingerprint density at radius 1 is 0.900 bits per heavy atom. The number of hydrogen-bond acceptors (Lipinski definition) is 4. The Balaban J connectivity index is 1.93. The minimum absolute atomic E-state index is 0.0841. The number of methoxy groups -OCH3 is 1. The smallest absolute Gasteiger partial charge is 0.306 e. The molecule has 0 aliphatic rings. The average molecular weight is 419 g/mol.